The van der Waals surface area contributed by atoms with Crippen LogP contribution in [-0.2, 0) is 14.8 Å². The highest BCUT2D eigenvalue weighted by Crippen LogP contribution is 2.25. The zero-order valence-corrected chi connectivity index (χ0v) is 19.0. The standard InChI is InChI=1S/C22H22ClN3O3S2/c23-18-8-4-9-19(16-18)25-11-13-26(14-12-25)22(27)21(17-6-2-1-3-7-17)24-31(28,29)20-10-5-15-30-20/h1-10,15-16,21,24H,11-14H2/t21-/m0/s1. The van der Waals surface area contributed by atoms with Crippen LogP contribution in [0.25, 0.3) is 0 Å². The molecule has 2 aromatic carbocycles. The Hall–Kier alpha value is -2.39. The molecule has 0 spiro atoms. The van der Waals surface area contributed by atoms with E-state index in [1.807, 2.05) is 30.3 Å². The Morgan fingerprint density at radius 3 is 2.35 bits per heavy atom. The lowest BCUT2D eigenvalue weighted by Crippen LogP contribution is -2.52. The molecule has 162 valence electrons. The second kappa shape index (κ2) is 9.40. The third kappa shape index (κ3) is 5.10. The number of piperazine rings is 1. The lowest BCUT2D eigenvalue weighted by atomic mass is 10.1. The lowest BCUT2D eigenvalue weighted by Gasteiger charge is -2.37. The Labute approximate surface area is 191 Å². The van der Waals surface area contributed by atoms with Crippen molar-refractivity contribution in [2.45, 2.75) is 10.3 Å². The molecule has 9 heteroatoms. The normalized spacial score (nSPS) is 15.6. The maximum Gasteiger partial charge on any atom is 0.251 e. The summed E-state index contributed by atoms with van der Waals surface area (Å²) in [6.07, 6.45) is 0. The summed E-state index contributed by atoms with van der Waals surface area (Å²) in [4.78, 5) is 17.3. The number of sulfonamides is 1. The maximum absolute atomic E-state index is 13.4. The lowest BCUT2D eigenvalue weighted by molar-refractivity contribution is -0.133. The van der Waals surface area contributed by atoms with Gasteiger partial charge in [0.05, 0.1) is 0 Å². The van der Waals surface area contributed by atoms with Crippen LogP contribution in [0.5, 0.6) is 0 Å². The summed E-state index contributed by atoms with van der Waals surface area (Å²) in [5.41, 5.74) is 1.63. The van der Waals surface area contributed by atoms with Crippen molar-refractivity contribution < 1.29 is 13.2 Å². The van der Waals surface area contributed by atoms with E-state index < -0.39 is 16.1 Å². The molecule has 0 saturated carbocycles. The topological polar surface area (TPSA) is 69.7 Å². The number of carbonyl (C=O) groups is 1. The highest BCUT2D eigenvalue weighted by Gasteiger charge is 2.32. The minimum absolute atomic E-state index is 0.187. The van der Waals surface area contributed by atoms with Gasteiger partial charge in [0.25, 0.3) is 10.0 Å². The van der Waals surface area contributed by atoms with Crippen molar-refractivity contribution in [2.24, 2.45) is 0 Å². The summed E-state index contributed by atoms with van der Waals surface area (Å²) >= 11 is 7.22. The molecular weight excluding hydrogens is 454 g/mol. The zero-order chi connectivity index (χ0) is 21.8. The first-order valence-corrected chi connectivity index (χ1v) is 12.6. The van der Waals surface area contributed by atoms with E-state index >= 15 is 0 Å². The fourth-order valence-corrected chi connectivity index (χ4v) is 5.95. The van der Waals surface area contributed by atoms with Crippen LogP contribution >= 0.6 is 22.9 Å². The number of carbonyl (C=O) groups excluding carboxylic acids is 1. The molecule has 2 heterocycles. The number of nitrogens with one attached hydrogen (secondary N) is 1. The minimum Gasteiger partial charge on any atom is -0.368 e. The van der Waals surface area contributed by atoms with Crippen LogP contribution < -0.4 is 9.62 Å². The Morgan fingerprint density at radius 1 is 0.968 bits per heavy atom. The second-order valence-electron chi connectivity index (χ2n) is 7.19. The first-order valence-electron chi connectivity index (χ1n) is 9.84. The summed E-state index contributed by atoms with van der Waals surface area (Å²) in [6.45, 7) is 2.28. The van der Waals surface area contributed by atoms with Gasteiger partial charge in [-0.05, 0) is 35.2 Å². The van der Waals surface area contributed by atoms with Crippen molar-refractivity contribution in [3.05, 3.63) is 82.7 Å². The SMILES string of the molecule is O=C([C@@H](NS(=O)(=O)c1cccs1)c1ccccc1)N1CCN(c2cccc(Cl)c2)CC1. The molecular formula is C22H22ClN3O3S2. The number of halogens is 1. The van der Waals surface area contributed by atoms with Gasteiger partial charge in [-0.1, -0.05) is 54.1 Å². The van der Waals surface area contributed by atoms with Crippen LogP contribution in [0.15, 0.2) is 76.3 Å². The van der Waals surface area contributed by atoms with E-state index in [-0.39, 0.29) is 10.1 Å². The predicted octanol–water partition coefficient (Wildman–Crippen LogP) is 3.77. The molecule has 0 bridgehead atoms. The van der Waals surface area contributed by atoms with Gasteiger partial charge >= 0.3 is 0 Å². The summed E-state index contributed by atoms with van der Waals surface area (Å²) in [5, 5.41) is 2.37. The molecule has 1 aromatic heterocycles. The number of hydrogen-bond donors (Lipinski definition) is 1. The quantitative estimate of drug-likeness (QED) is 0.589. The van der Waals surface area contributed by atoms with Gasteiger partial charge in [0.2, 0.25) is 5.91 Å². The number of rotatable bonds is 6. The first-order chi connectivity index (χ1) is 14.9. The molecule has 0 aliphatic carbocycles. The maximum atomic E-state index is 13.4. The van der Waals surface area contributed by atoms with E-state index in [1.165, 1.54) is 6.07 Å². The van der Waals surface area contributed by atoms with Gasteiger partial charge in [-0.2, -0.15) is 4.72 Å². The summed E-state index contributed by atoms with van der Waals surface area (Å²) in [5.74, 6) is -0.253. The summed E-state index contributed by atoms with van der Waals surface area (Å²) < 4.78 is 28.5. The summed E-state index contributed by atoms with van der Waals surface area (Å²) in [7, 11) is -3.81. The van der Waals surface area contributed by atoms with Crippen molar-refractivity contribution in [1.29, 1.82) is 0 Å². The van der Waals surface area contributed by atoms with Gasteiger partial charge in [0, 0.05) is 36.9 Å². The van der Waals surface area contributed by atoms with Gasteiger partial charge in [-0.3, -0.25) is 4.79 Å². The molecule has 4 rings (SSSR count). The van der Waals surface area contributed by atoms with Crippen LogP contribution in [0.3, 0.4) is 0 Å². The first kappa shape index (κ1) is 21.8. The van der Waals surface area contributed by atoms with Crippen LogP contribution in [-0.4, -0.2) is 45.4 Å². The molecule has 0 radical (unpaired) electrons. The number of thiophene rings is 1. The number of hydrogen-bond acceptors (Lipinski definition) is 5. The Kier molecular flexibility index (Phi) is 6.62. The van der Waals surface area contributed by atoms with Gasteiger partial charge in [-0.15, -0.1) is 11.3 Å². The molecule has 3 aromatic rings. The molecule has 1 amide bonds. The number of amides is 1. The number of anilines is 1. The molecule has 6 nitrogen and oxygen atoms in total. The average Bonchev–Trinajstić information content (AvgIpc) is 3.34. The molecule has 1 aliphatic rings. The van der Waals surface area contributed by atoms with Crippen molar-refractivity contribution in [1.82, 2.24) is 9.62 Å². The van der Waals surface area contributed by atoms with E-state index in [0.29, 0.717) is 36.8 Å². The zero-order valence-electron chi connectivity index (χ0n) is 16.6. The van der Waals surface area contributed by atoms with Crippen molar-refractivity contribution in [3.63, 3.8) is 0 Å². The van der Waals surface area contributed by atoms with Crippen molar-refractivity contribution in [3.8, 4) is 0 Å². The monoisotopic (exact) mass is 475 g/mol. The van der Waals surface area contributed by atoms with Crippen molar-refractivity contribution >= 4 is 44.6 Å². The fourth-order valence-electron chi connectivity index (χ4n) is 3.58. The molecule has 1 aliphatic heterocycles. The number of benzene rings is 2. The van der Waals surface area contributed by atoms with E-state index in [4.69, 9.17) is 11.6 Å². The highest BCUT2D eigenvalue weighted by molar-refractivity contribution is 7.91. The smallest absolute Gasteiger partial charge is 0.251 e. The number of nitrogens with zero attached hydrogens (tertiary/aromatic N) is 2. The summed E-state index contributed by atoms with van der Waals surface area (Å²) in [6, 6.07) is 18.8. The Bertz CT molecular complexity index is 1130. The minimum atomic E-state index is -3.81. The fraction of sp³-hybridized carbons (Fsp3) is 0.227. The molecule has 1 atom stereocenters. The van der Waals surface area contributed by atoms with Gasteiger partial charge in [0.15, 0.2) is 0 Å². The highest BCUT2D eigenvalue weighted by atomic mass is 35.5. The van der Waals surface area contributed by atoms with Crippen LogP contribution in [0, 0.1) is 0 Å². The molecule has 1 saturated heterocycles. The molecule has 1 fully saturated rings. The van der Waals surface area contributed by atoms with Crippen molar-refractivity contribution in [2.75, 3.05) is 31.1 Å². The van der Waals surface area contributed by atoms with E-state index in [1.54, 1.807) is 40.6 Å². The molecule has 1 N–H and O–H groups in total. The van der Waals surface area contributed by atoms with Crippen LogP contribution in [0.4, 0.5) is 5.69 Å². The predicted molar refractivity (Wildman–Crippen MR) is 124 cm³/mol. The molecule has 0 unspecified atom stereocenters. The largest absolute Gasteiger partial charge is 0.368 e. The van der Waals surface area contributed by atoms with Crippen LogP contribution in [0.1, 0.15) is 11.6 Å². The third-order valence-electron chi connectivity index (χ3n) is 5.18. The molecule has 31 heavy (non-hydrogen) atoms. The van der Waals surface area contributed by atoms with E-state index in [9.17, 15) is 13.2 Å². The second-order valence-corrected chi connectivity index (χ2v) is 10.5. The average molecular weight is 476 g/mol. The van der Waals surface area contributed by atoms with Gasteiger partial charge in [-0.25, -0.2) is 8.42 Å². The van der Waals surface area contributed by atoms with E-state index in [0.717, 1.165) is 17.0 Å². The van der Waals surface area contributed by atoms with Gasteiger partial charge in [0.1, 0.15) is 10.3 Å². The Morgan fingerprint density at radius 2 is 1.71 bits per heavy atom. The third-order valence-corrected chi connectivity index (χ3v) is 8.23. The van der Waals surface area contributed by atoms with E-state index in [2.05, 4.69) is 9.62 Å². The van der Waals surface area contributed by atoms with Gasteiger partial charge < -0.3 is 9.80 Å². The van der Waals surface area contributed by atoms with Crippen LogP contribution in [0.2, 0.25) is 5.02 Å². The Balaban J connectivity index is 1.52.